The highest BCUT2D eigenvalue weighted by Crippen LogP contribution is 2.24. The van der Waals surface area contributed by atoms with Crippen LogP contribution in [-0.2, 0) is 18.7 Å². The number of nitrogens with one attached hydrogen (secondary N) is 1. The number of amides is 1. The Morgan fingerprint density at radius 2 is 1.74 bits per heavy atom. The van der Waals surface area contributed by atoms with Crippen LogP contribution in [-0.4, -0.2) is 20.7 Å². The minimum atomic E-state index is -0.132. The first-order valence-corrected chi connectivity index (χ1v) is 11.2. The highest BCUT2D eigenvalue weighted by molar-refractivity contribution is 7.98. The Hall–Kier alpha value is -3.38. The van der Waals surface area contributed by atoms with Gasteiger partial charge in [-0.15, -0.1) is 11.8 Å². The number of thioether (sulfide) groups is 1. The first-order chi connectivity index (χ1) is 15.2. The largest absolute Gasteiger partial charge is 0.322 e. The lowest BCUT2D eigenvalue weighted by Gasteiger charge is -2.09. The Kier molecular flexibility index (Phi) is 6.79. The summed E-state index contributed by atoms with van der Waals surface area (Å²) in [5.74, 6) is 0.729. The third kappa shape index (κ3) is 5.41. The second kappa shape index (κ2) is 10.1. The second-order valence-electron chi connectivity index (χ2n) is 7.13. The van der Waals surface area contributed by atoms with Gasteiger partial charge in [0.05, 0.1) is 24.0 Å². The summed E-state index contributed by atoms with van der Waals surface area (Å²) in [7, 11) is 0. The molecule has 0 radical (unpaired) electrons. The molecule has 1 amide bonds. The molecule has 0 aliphatic heterocycles. The number of pyridine rings is 1. The van der Waals surface area contributed by atoms with Crippen molar-refractivity contribution in [1.29, 1.82) is 0 Å². The fourth-order valence-corrected chi connectivity index (χ4v) is 4.18. The van der Waals surface area contributed by atoms with Crippen LogP contribution in [0.15, 0.2) is 90.2 Å². The molecule has 2 aromatic heterocycles. The van der Waals surface area contributed by atoms with E-state index in [1.54, 1.807) is 24.2 Å². The summed E-state index contributed by atoms with van der Waals surface area (Å²) in [6.45, 7) is 2.70. The van der Waals surface area contributed by atoms with Crippen molar-refractivity contribution >= 4 is 23.4 Å². The highest BCUT2D eigenvalue weighted by Gasteiger charge is 2.16. The smallest absolute Gasteiger partial charge is 0.259 e. The van der Waals surface area contributed by atoms with Crippen LogP contribution in [0.3, 0.4) is 0 Å². The Balaban J connectivity index is 1.40. The van der Waals surface area contributed by atoms with Crippen LogP contribution < -0.4 is 5.32 Å². The highest BCUT2D eigenvalue weighted by atomic mass is 32.2. The number of hydrogen-bond donors (Lipinski definition) is 1. The van der Waals surface area contributed by atoms with Gasteiger partial charge in [-0.05, 0) is 47.9 Å². The topological polar surface area (TPSA) is 59.8 Å². The van der Waals surface area contributed by atoms with Gasteiger partial charge in [0.15, 0.2) is 0 Å². The summed E-state index contributed by atoms with van der Waals surface area (Å²) in [6, 6.07) is 22.1. The molecule has 5 nitrogen and oxygen atoms in total. The minimum Gasteiger partial charge on any atom is -0.322 e. The van der Waals surface area contributed by atoms with Crippen LogP contribution in [0, 0.1) is 0 Å². The number of hydrogen-bond acceptors (Lipinski definition) is 4. The van der Waals surface area contributed by atoms with Crippen LogP contribution in [0.25, 0.3) is 0 Å². The third-order valence-electron chi connectivity index (χ3n) is 4.94. The van der Waals surface area contributed by atoms with E-state index in [1.165, 1.54) is 5.56 Å². The van der Waals surface area contributed by atoms with Crippen molar-refractivity contribution in [1.82, 2.24) is 14.8 Å². The van der Waals surface area contributed by atoms with Gasteiger partial charge in [0, 0.05) is 28.7 Å². The van der Waals surface area contributed by atoms with Gasteiger partial charge in [0.25, 0.3) is 5.91 Å². The van der Waals surface area contributed by atoms with E-state index in [-0.39, 0.29) is 5.91 Å². The molecule has 0 spiro atoms. The van der Waals surface area contributed by atoms with Gasteiger partial charge in [-0.2, -0.15) is 5.10 Å². The molecule has 0 aliphatic carbocycles. The Bertz CT molecular complexity index is 1130. The molecule has 0 fully saturated rings. The first-order valence-electron chi connectivity index (χ1n) is 10.2. The molecule has 0 saturated heterocycles. The van der Waals surface area contributed by atoms with Gasteiger partial charge in [0.2, 0.25) is 0 Å². The molecule has 4 rings (SSSR count). The summed E-state index contributed by atoms with van der Waals surface area (Å²) >= 11 is 1.74. The SMILES string of the molecule is CCc1c(C(=O)Nc2ccc(SCc3cccnc3)cc2)cnn1Cc1ccccc1. The number of nitrogens with zero attached hydrogens (tertiary/aromatic N) is 3. The van der Waals surface area contributed by atoms with Crippen molar-refractivity contribution in [3.63, 3.8) is 0 Å². The van der Waals surface area contributed by atoms with Gasteiger partial charge in [0.1, 0.15) is 0 Å². The predicted octanol–water partition coefficient (Wildman–Crippen LogP) is 5.43. The summed E-state index contributed by atoms with van der Waals surface area (Å²) in [6.07, 6.45) is 6.06. The fraction of sp³-hybridized carbons (Fsp3) is 0.160. The molecule has 0 unspecified atom stereocenters. The normalized spacial score (nSPS) is 10.7. The molecule has 1 N–H and O–H groups in total. The van der Waals surface area contributed by atoms with E-state index in [2.05, 4.69) is 33.6 Å². The van der Waals surface area contributed by atoms with Crippen LogP contribution in [0.4, 0.5) is 5.69 Å². The molecule has 156 valence electrons. The van der Waals surface area contributed by atoms with Crippen LogP contribution in [0.1, 0.15) is 34.1 Å². The number of rotatable bonds is 8. The molecule has 31 heavy (non-hydrogen) atoms. The van der Waals surface area contributed by atoms with Crippen molar-refractivity contribution in [3.8, 4) is 0 Å². The van der Waals surface area contributed by atoms with E-state index in [4.69, 9.17) is 0 Å². The molecule has 0 atom stereocenters. The third-order valence-corrected chi connectivity index (χ3v) is 6.03. The summed E-state index contributed by atoms with van der Waals surface area (Å²) in [5, 5.41) is 7.46. The van der Waals surface area contributed by atoms with Crippen molar-refractivity contribution < 1.29 is 4.79 Å². The second-order valence-corrected chi connectivity index (χ2v) is 8.18. The maximum absolute atomic E-state index is 12.9. The molecule has 4 aromatic rings. The molecule has 2 heterocycles. The van der Waals surface area contributed by atoms with Gasteiger partial charge in [-0.3, -0.25) is 14.5 Å². The molecule has 0 saturated carbocycles. The van der Waals surface area contributed by atoms with Gasteiger partial charge < -0.3 is 5.32 Å². The quantitative estimate of drug-likeness (QED) is 0.380. The van der Waals surface area contributed by atoms with Crippen LogP contribution in [0.5, 0.6) is 0 Å². The maximum Gasteiger partial charge on any atom is 0.259 e. The average Bonchev–Trinajstić information content (AvgIpc) is 3.22. The number of benzene rings is 2. The zero-order valence-electron chi connectivity index (χ0n) is 17.4. The number of anilines is 1. The molecule has 6 heteroatoms. The molecule has 0 aliphatic rings. The maximum atomic E-state index is 12.9. The molecular formula is C25H24N4OS. The van der Waals surface area contributed by atoms with Gasteiger partial charge in [-0.1, -0.05) is 43.3 Å². The average molecular weight is 429 g/mol. The van der Waals surface area contributed by atoms with Crippen LogP contribution >= 0.6 is 11.8 Å². The molecule has 2 aromatic carbocycles. The number of carbonyl (C=O) groups excluding carboxylic acids is 1. The standard InChI is InChI=1S/C25H24N4OS/c1-2-24-23(16-27-29(24)17-19-7-4-3-5-8-19)25(30)28-21-10-12-22(13-11-21)31-18-20-9-6-14-26-15-20/h3-16H,2,17-18H2,1H3,(H,28,30). The van der Waals surface area contributed by atoms with Gasteiger partial charge in [-0.25, -0.2) is 0 Å². The van der Waals surface area contributed by atoms with Crippen molar-refractivity contribution in [2.75, 3.05) is 5.32 Å². The Morgan fingerprint density at radius 1 is 0.968 bits per heavy atom. The van der Waals surface area contributed by atoms with E-state index in [9.17, 15) is 4.79 Å². The van der Waals surface area contributed by atoms with Crippen LogP contribution in [0.2, 0.25) is 0 Å². The van der Waals surface area contributed by atoms with Crippen molar-refractivity contribution in [2.45, 2.75) is 30.5 Å². The minimum absolute atomic E-state index is 0.132. The number of aromatic nitrogens is 3. The lowest BCUT2D eigenvalue weighted by Crippen LogP contribution is -2.15. The van der Waals surface area contributed by atoms with Gasteiger partial charge >= 0.3 is 0 Å². The van der Waals surface area contributed by atoms with E-state index in [0.29, 0.717) is 12.1 Å². The molecule has 0 bridgehead atoms. The molecular weight excluding hydrogens is 404 g/mol. The fourth-order valence-electron chi connectivity index (χ4n) is 3.35. The van der Waals surface area contributed by atoms with Crippen molar-refractivity contribution in [3.05, 3.63) is 108 Å². The lowest BCUT2D eigenvalue weighted by atomic mass is 10.1. The summed E-state index contributed by atoms with van der Waals surface area (Å²) < 4.78 is 1.91. The number of carbonyl (C=O) groups is 1. The van der Waals surface area contributed by atoms with E-state index < -0.39 is 0 Å². The predicted molar refractivity (Wildman–Crippen MR) is 125 cm³/mol. The summed E-state index contributed by atoms with van der Waals surface area (Å²) in [5.41, 5.74) is 4.67. The summed E-state index contributed by atoms with van der Waals surface area (Å²) in [4.78, 5) is 18.2. The Morgan fingerprint density at radius 3 is 2.45 bits per heavy atom. The lowest BCUT2D eigenvalue weighted by molar-refractivity contribution is 0.102. The first kappa shape index (κ1) is 20.9. The Labute approximate surface area is 186 Å². The van der Waals surface area contributed by atoms with E-state index in [0.717, 1.165) is 34.0 Å². The van der Waals surface area contributed by atoms with E-state index >= 15 is 0 Å². The van der Waals surface area contributed by atoms with E-state index in [1.807, 2.05) is 66.3 Å². The monoisotopic (exact) mass is 428 g/mol. The zero-order chi connectivity index (χ0) is 21.5. The zero-order valence-corrected chi connectivity index (χ0v) is 18.2. The van der Waals surface area contributed by atoms with Crippen molar-refractivity contribution in [2.24, 2.45) is 0 Å².